The van der Waals surface area contributed by atoms with Crippen molar-refractivity contribution in [2.45, 2.75) is 51.1 Å². The van der Waals surface area contributed by atoms with Gasteiger partial charge in [0.1, 0.15) is 0 Å². The quantitative estimate of drug-likeness (QED) is 0.808. The highest BCUT2D eigenvalue weighted by Gasteiger charge is 2.26. The lowest BCUT2D eigenvalue weighted by Gasteiger charge is -2.18. The number of nitrogens with one attached hydrogen (secondary N) is 1. The highest BCUT2D eigenvalue weighted by molar-refractivity contribution is 5.76. The van der Waals surface area contributed by atoms with Crippen molar-refractivity contribution in [2.75, 3.05) is 14.2 Å². The van der Waals surface area contributed by atoms with Gasteiger partial charge in [0.15, 0.2) is 11.5 Å². The fraction of sp³-hybridized carbons (Fsp3) is 0.611. The van der Waals surface area contributed by atoms with Crippen molar-refractivity contribution >= 4 is 5.91 Å². The monoisotopic (exact) mass is 320 g/mol. The van der Waals surface area contributed by atoms with Gasteiger partial charge in [-0.1, -0.05) is 12.5 Å². The minimum absolute atomic E-state index is 0.0678. The van der Waals surface area contributed by atoms with Crippen molar-refractivity contribution in [1.29, 1.82) is 0 Å². The molecule has 1 aromatic carbocycles. The molecule has 0 radical (unpaired) electrons. The number of methoxy groups -OCH3 is 2. The van der Waals surface area contributed by atoms with Crippen LogP contribution in [0.15, 0.2) is 18.2 Å². The smallest absolute Gasteiger partial charge is 0.220 e. The number of amides is 1. The zero-order chi connectivity index (χ0) is 16.8. The molecule has 23 heavy (non-hydrogen) atoms. The molecule has 5 heteroatoms. The van der Waals surface area contributed by atoms with E-state index in [0.717, 1.165) is 31.2 Å². The van der Waals surface area contributed by atoms with Crippen LogP contribution in [0.1, 0.15) is 38.2 Å². The number of nitrogens with two attached hydrogens (primary N) is 1. The molecule has 3 atom stereocenters. The van der Waals surface area contributed by atoms with Crippen LogP contribution in [-0.4, -0.2) is 32.2 Å². The molecule has 0 heterocycles. The second-order valence-corrected chi connectivity index (χ2v) is 6.42. The number of hydrogen-bond donors (Lipinski definition) is 2. The van der Waals surface area contributed by atoms with Crippen LogP contribution < -0.4 is 20.5 Å². The molecule has 0 saturated heterocycles. The summed E-state index contributed by atoms with van der Waals surface area (Å²) in [4.78, 5) is 12.2. The minimum atomic E-state index is 0.0678. The molecular formula is C18H28N2O3. The van der Waals surface area contributed by atoms with Crippen LogP contribution in [0.3, 0.4) is 0 Å². The zero-order valence-electron chi connectivity index (χ0n) is 14.3. The molecule has 1 unspecified atom stereocenters. The van der Waals surface area contributed by atoms with Gasteiger partial charge in [0, 0.05) is 18.5 Å². The molecule has 0 bridgehead atoms. The van der Waals surface area contributed by atoms with Crippen LogP contribution in [-0.2, 0) is 11.2 Å². The fourth-order valence-electron chi connectivity index (χ4n) is 3.30. The van der Waals surface area contributed by atoms with Gasteiger partial charge in [0.25, 0.3) is 0 Å². The van der Waals surface area contributed by atoms with Crippen LogP contribution in [0.4, 0.5) is 0 Å². The summed E-state index contributed by atoms with van der Waals surface area (Å²) in [5.41, 5.74) is 7.14. The van der Waals surface area contributed by atoms with Gasteiger partial charge in [-0.15, -0.1) is 0 Å². The van der Waals surface area contributed by atoms with Crippen molar-refractivity contribution in [2.24, 2.45) is 11.7 Å². The topological polar surface area (TPSA) is 73.6 Å². The van der Waals surface area contributed by atoms with Crippen LogP contribution >= 0.6 is 0 Å². The molecule has 3 N–H and O–H groups in total. The van der Waals surface area contributed by atoms with Crippen molar-refractivity contribution in [3.8, 4) is 11.5 Å². The van der Waals surface area contributed by atoms with E-state index in [9.17, 15) is 4.79 Å². The number of ether oxygens (including phenoxy) is 2. The van der Waals surface area contributed by atoms with Gasteiger partial charge < -0.3 is 20.5 Å². The van der Waals surface area contributed by atoms with E-state index in [2.05, 4.69) is 5.32 Å². The van der Waals surface area contributed by atoms with E-state index in [1.54, 1.807) is 14.2 Å². The lowest BCUT2D eigenvalue weighted by Crippen LogP contribution is -2.37. The average Bonchev–Trinajstić information content (AvgIpc) is 2.91. The third kappa shape index (κ3) is 4.86. The van der Waals surface area contributed by atoms with E-state index in [4.69, 9.17) is 15.2 Å². The Bertz CT molecular complexity index is 533. The molecule has 2 rings (SSSR count). The van der Waals surface area contributed by atoms with E-state index in [-0.39, 0.29) is 18.0 Å². The summed E-state index contributed by atoms with van der Waals surface area (Å²) in [6.07, 6.45) is 4.54. The highest BCUT2D eigenvalue weighted by atomic mass is 16.5. The molecule has 128 valence electrons. The number of benzene rings is 1. The van der Waals surface area contributed by atoms with E-state index < -0.39 is 0 Å². The normalized spacial score (nSPS) is 21.7. The van der Waals surface area contributed by atoms with Crippen LogP contribution in [0.2, 0.25) is 0 Å². The third-order valence-corrected chi connectivity index (χ3v) is 4.56. The minimum Gasteiger partial charge on any atom is -0.493 e. The summed E-state index contributed by atoms with van der Waals surface area (Å²) in [6, 6.07) is 6.09. The maximum absolute atomic E-state index is 12.2. The zero-order valence-corrected chi connectivity index (χ0v) is 14.3. The molecule has 1 saturated carbocycles. The first-order valence-corrected chi connectivity index (χ1v) is 8.29. The number of carbonyl (C=O) groups is 1. The molecule has 1 fully saturated rings. The van der Waals surface area contributed by atoms with Gasteiger partial charge in [-0.05, 0) is 49.8 Å². The molecule has 1 aromatic rings. The maximum atomic E-state index is 12.2. The summed E-state index contributed by atoms with van der Waals surface area (Å²) in [5.74, 6) is 1.85. The summed E-state index contributed by atoms with van der Waals surface area (Å²) in [5, 5.41) is 3.08. The first-order valence-electron chi connectivity index (χ1n) is 8.29. The maximum Gasteiger partial charge on any atom is 0.220 e. The van der Waals surface area contributed by atoms with Crippen molar-refractivity contribution in [1.82, 2.24) is 5.32 Å². The standard InChI is InChI=1S/C18H28N2O3/c1-12(20-18(21)11-14-5-4-6-15(14)19)9-13-7-8-16(22-2)17(10-13)23-3/h7-8,10,12,14-15H,4-6,9,11,19H2,1-3H3,(H,20,21)/t12?,14-,15+/m0/s1. The summed E-state index contributed by atoms with van der Waals surface area (Å²) >= 11 is 0. The van der Waals surface area contributed by atoms with Gasteiger partial charge in [-0.3, -0.25) is 4.79 Å². The predicted octanol–water partition coefficient (Wildman–Crippen LogP) is 2.27. The summed E-state index contributed by atoms with van der Waals surface area (Å²) in [7, 11) is 3.24. The van der Waals surface area contributed by atoms with Crippen molar-refractivity contribution in [3.63, 3.8) is 0 Å². The van der Waals surface area contributed by atoms with Gasteiger partial charge in [0.05, 0.1) is 14.2 Å². The Labute approximate surface area is 138 Å². The van der Waals surface area contributed by atoms with Crippen LogP contribution in [0, 0.1) is 5.92 Å². The Morgan fingerprint density at radius 1 is 1.30 bits per heavy atom. The van der Waals surface area contributed by atoms with Gasteiger partial charge >= 0.3 is 0 Å². The lowest BCUT2D eigenvalue weighted by molar-refractivity contribution is -0.122. The molecule has 5 nitrogen and oxygen atoms in total. The fourth-order valence-corrected chi connectivity index (χ4v) is 3.30. The first-order chi connectivity index (χ1) is 11.0. The second-order valence-electron chi connectivity index (χ2n) is 6.42. The molecular weight excluding hydrogens is 292 g/mol. The molecule has 0 spiro atoms. The van der Waals surface area contributed by atoms with E-state index in [1.165, 1.54) is 0 Å². The Morgan fingerprint density at radius 3 is 2.65 bits per heavy atom. The molecule has 1 amide bonds. The summed E-state index contributed by atoms with van der Waals surface area (Å²) in [6.45, 7) is 2.02. The molecule has 0 aromatic heterocycles. The molecule has 1 aliphatic carbocycles. The number of hydrogen-bond acceptors (Lipinski definition) is 4. The SMILES string of the molecule is COc1ccc(CC(C)NC(=O)C[C@@H]2CCC[C@H]2N)cc1OC. The Morgan fingerprint density at radius 2 is 2.04 bits per heavy atom. The van der Waals surface area contributed by atoms with Gasteiger partial charge in [0.2, 0.25) is 5.91 Å². The second kappa shape index (κ2) is 8.20. The molecule has 1 aliphatic rings. The Hall–Kier alpha value is -1.75. The van der Waals surface area contributed by atoms with Crippen molar-refractivity contribution < 1.29 is 14.3 Å². The third-order valence-electron chi connectivity index (χ3n) is 4.56. The van der Waals surface area contributed by atoms with E-state index >= 15 is 0 Å². The average molecular weight is 320 g/mol. The largest absolute Gasteiger partial charge is 0.493 e. The molecule has 0 aliphatic heterocycles. The van der Waals surface area contributed by atoms with Crippen molar-refractivity contribution in [3.05, 3.63) is 23.8 Å². The Balaban J connectivity index is 1.86. The lowest BCUT2D eigenvalue weighted by atomic mass is 9.99. The van der Waals surface area contributed by atoms with E-state index in [1.807, 2.05) is 25.1 Å². The number of carbonyl (C=O) groups excluding carboxylic acids is 1. The predicted molar refractivity (Wildman–Crippen MR) is 90.8 cm³/mol. The highest BCUT2D eigenvalue weighted by Crippen LogP contribution is 2.28. The van der Waals surface area contributed by atoms with Crippen LogP contribution in [0.5, 0.6) is 11.5 Å². The number of rotatable bonds is 7. The van der Waals surface area contributed by atoms with Crippen LogP contribution in [0.25, 0.3) is 0 Å². The Kier molecular flexibility index (Phi) is 6.28. The summed E-state index contributed by atoms with van der Waals surface area (Å²) < 4.78 is 10.6. The van der Waals surface area contributed by atoms with Gasteiger partial charge in [-0.25, -0.2) is 0 Å². The van der Waals surface area contributed by atoms with Gasteiger partial charge in [-0.2, -0.15) is 0 Å². The first kappa shape index (κ1) is 17.6. The van der Waals surface area contributed by atoms with E-state index in [0.29, 0.717) is 23.8 Å².